The molecule has 1 aliphatic rings. The first-order chi connectivity index (χ1) is 10.7. The van der Waals surface area contributed by atoms with E-state index in [1.807, 2.05) is 18.2 Å². The maximum absolute atomic E-state index is 12.1. The first-order valence-corrected chi connectivity index (χ1v) is 8.57. The van der Waals surface area contributed by atoms with E-state index in [9.17, 15) is 4.79 Å². The first kappa shape index (κ1) is 20.2. The third-order valence-corrected chi connectivity index (χ3v) is 4.44. The molecular formula is C17H27Cl2N3O. The smallest absolute Gasteiger partial charge is 0.225 e. The van der Waals surface area contributed by atoms with E-state index < -0.39 is 0 Å². The van der Waals surface area contributed by atoms with Gasteiger partial charge in [0.2, 0.25) is 5.91 Å². The number of piperidine rings is 1. The molecule has 0 atom stereocenters. The Balaban J connectivity index is 0.00000264. The van der Waals surface area contributed by atoms with Crippen molar-refractivity contribution >= 4 is 35.6 Å². The molecular weight excluding hydrogens is 333 g/mol. The molecule has 0 bridgehead atoms. The zero-order valence-corrected chi connectivity index (χ0v) is 15.3. The minimum Gasteiger partial charge on any atom is -0.325 e. The van der Waals surface area contributed by atoms with E-state index in [0.29, 0.717) is 23.2 Å². The average molecular weight is 360 g/mol. The summed E-state index contributed by atoms with van der Waals surface area (Å²) >= 11 is 6.07. The molecule has 1 aromatic rings. The molecule has 0 aromatic heterocycles. The molecule has 0 radical (unpaired) electrons. The summed E-state index contributed by atoms with van der Waals surface area (Å²) in [4.78, 5) is 14.6. The lowest BCUT2D eigenvalue weighted by Gasteiger charge is -2.34. The molecule has 0 unspecified atom stereocenters. The first-order valence-electron chi connectivity index (χ1n) is 8.20. The number of halogens is 2. The Morgan fingerprint density at radius 2 is 2.00 bits per heavy atom. The number of hydrogen-bond donors (Lipinski definition) is 2. The van der Waals surface area contributed by atoms with Gasteiger partial charge in [-0.15, -0.1) is 12.4 Å². The Kier molecular flexibility index (Phi) is 9.56. The zero-order valence-electron chi connectivity index (χ0n) is 13.7. The number of hydrogen-bond acceptors (Lipinski definition) is 3. The molecule has 6 heteroatoms. The lowest BCUT2D eigenvalue weighted by molar-refractivity contribution is -0.116. The van der Waals surface area contributed by atoms with Crippen LogP contribution in [-0.2, 0) is 4.79 Å². The predicted octanol–water partition coefficient (Wildman–Crippen LogP) is 3.55. The average Bonchev–Trinajstić information content (AvgIpc) is 2.54. The lowest BCUT2D eigenvalue weighted by atomic mass is 10.0. The van der Waals surface area contributed by atoms with Gasteiger partial charge in [0.15, 0.2) is 0 Å². The minimum absolute atomic E-state index is 0. The summed E-state index contributed by atoms with van der Waals surface area (Å²) in [6.45, 7) is 6.23. The van der Waals surface area contributed by atoms with Crippen molar-refractivity contribution in [3.05, 3.63) is 29.3 Å². The van der Waals surface area contributed by atoms with Gasteiger partial charge < -0.3 is 10.6 Å². The predicted molar refractivity (Wildman–Crippen MR) is 99.7 cm³/mol. The fraction of sp³-hybridized carbons (Fsp3) is 0.588. The lowest BCUT2D eigenvalue weighted by Crippen LogP contribution is -2.44. The third-order valence-electron chi connectivity index (χ3n) is 4.11. The molecule has 1 aromatic carbocycles. The number of carbonyl (C=O) groups excluding carboxylic acids is 1. The van der Waals surface area contributed by atoms with Crippen LogP contribution in [0.2, 0.25) is 5.02 Å². The van der Waals surface area contributed by atoms with Gasteiger partial charge in [0.05, 0.1) is 10.7 Å². The highest BCUT2D eigenvalue weighted by Gasteiger charge is 2.20. The largest absolute Gasteiger partial charge is 0.325 e. The highest BCUT2D eigenvalue weighted by molar-refractivity contribution is 6.33. The zero-order chi connectivity index (χ0) is 15.8. The number of para-hydroxylation sites is 1. The summed E-state index contributed by atoms with van der Waals surface area (Å²) in [5.74, 6) is 0.0307. The molecule has 1 saturated heterocycles. The van der Waals surface area contributed by atoms with E-state index in [1.54, 1.807) is 6.07 Å². The van der Waals surface area contributed by atoms with Crippen LogP contribution in [0, 0.1) is 0 Å². The molecule has 4 nitrogen and oxygen atoms in total. The Bertz CT molecular complexity index is 479. The van der Waals surface area contributed by atoms with Crippen LogP contribution < -0.4 is 10.6 Å². The highest BCUT2D eigenvalue weighted by Crippen LogP contribution is 2.20. The Hall–Kier alpha value is -0.810. The van der Waals surface area contributed by atoms with Gasteiger partial charge in [-0.05, 0) is 51.0 Å². The molecule has 23 heavy (non-hydrogen) atoms. The molecule has 0 aliphatic carbocycles. The monoisotopic (exact) mass is 359 g/mol. The molecule has 1 fully saturated rings. The van der Waals surface area contributed by atoms with E-state index in [1.165, 1.54) is 12.8 Å². The Morgan fingerprint density at radius 3 is 2.65 bits per heavy atom. The molecule has 2 rings (SSSR count). The van der Waals surface area contributed by atoms with E-state index >= 15 is 0 Å². The topological polar surface area (TPSA) is 44.4 Å². The number of anilines is 1. The fourth-order valence-electron chi connectivity index (χ4n) is 2.96. The van der Waals surface area contributed by atoms with Gasteiger partial charge >= 0.3 is 0 Å². The molecule has 130 valence electrons. The maximum Gasteiger partial charge on any atom is 0.225 e. The third kappa shape index (κ3) is 6.68. The van der Waals surface area contributed by atoms with E-state index in [0.717, 1.165) is 32.6 Å². The van der Waals surface area contributed by atoms with Gasteiger partial charge in [0, 0.05) is 19.0 Å². The summed E-state index contributed by atoms with van der Waals surface area (Å²) in [6, 6.07) is 7.96. The molecule has 1 aliphatic heterocycles. The van der Waals surface area contributed by atoms with Crippen LogP contribution >= 0.6 is 24.0 Å². The van der Waals surface area contributed by atoms with Crippen LogP contribution in [0.1, 0.15) is 32.6 Å². The standard InChI is InChI=1S/C17H26ClN3O.ClH/c1-2-12-21(14-7-10-19-11-8-14)13-9-17(22)20-16-6-4-3-5-15(16)18;/h3-6,14,19H,2,7-13H2,1H3,(H,20,22);1H. The van der Waals surface area contributed by atoms with Gasteiger partial charge in [-0.25, -0.2) is 0 Å². The highest BCUT2D eigenvalue weighted by atomic mass is 35.5. The van der Waals surface area contributed by atoms with Crippen molar-refractivity contribution < 1.29 is 4.79 Å². The number of amides is 1. The maximum atomic E-state index is 12.1. The van der Waals surface area contributed by atoms with Crippen LogP contribution in [-0.4, -0.2) is 43.0 Å². The second kappa shape index (κ2) is 10.9. The van der Waals surface area contributed by atoms with Crippen molar-refractivity contribution in [2.75, 3.05) is 31.5 Å². The Morgan fingerprint density at radius 1 is 1.30 bits per heavy atom. The second-order valence-electron chi connectivity index (χ2n) is 5.80. The van der Waals surface area contributed by atoms with Crippen molar-refractivity contribution in [3.8, 4) is 0 Å². The van der Waals surface area contributed by atoms with Gasteiger partial charge in [-0.2, -0.15) is 0 Å². The van der Waals surface area contributed by atoms with Crippen LogP contribution in [0.4, 0.5) is 5.69 Å². The van der Waals surface area contributed by atoms with Crippen molar-refractivity contribution in [3.63, 3.8) is 0 Å². The van der Waals surface area contributed by atoms with Crippen LogP contribution in [0.15, 0.2) is 24.3 Å². The summed E-state index contributed by atoms with van der Waals surface area (Å²) in [5, 5.41) is 6.88. The number of benzene rings is 1. The number of rotatable bonds is 7. The van der Waals surface area contributed by atoms with Crippen molar-refractivity contribution in [1.29, 1.82) is 0 Å². The van der Waals surface area contributed by atoms with Crippen LogP contribution in [0.5, 0.6) is 0 Å². The summed E-state index contributed by atoms with van der Waals surface area (Å²) in [7, 11) is 0. The van der Waals surface area contributed by atoms with Gasteiger partial charge in [0.1, 0.15) is 0 Å². The molecule has 1 amide bonds. The second-order valence-corrected chi connectivity index (χ2v) is 6.20. The van der Waals surface area contributed by atoms with E-state index in [4.69, 9.17) is 11.6 Å². The summed E-state index contributed by atoms with van der Waals surface area (Å²) in [6.07, 6.45) is 3.98. The molecule has 0 saturated carbocycles. The van der Waals surface area contributed by atoms with E-state index in [2.05, 4.69) is 22.5 Å². The normalized spacial score (nSPS) is 15.3. The van der Waals surface area contributed by atoms with Crippen molar-refractivity contribution in [1.82, 2.24) is 10.2 Å². The summed E-state index contributed by atoms with van der Waals surface area (Å²) in [5.41, 5.74) is 0.693. The van der Waals surface area contributed by atoms with E-state index in [-0.39, 0.29) is 18.3 Å². The van der Waals surface area contributed by atoms with Crippen LogP contribution in [0.3, 0.4) is 0 Å². The van der Waals surface area contributed by atoms with Crippen molar-refractivity contribution in [2.45, 2.75) is 38.6 Å². The van der Waals surface area contributed by atoms with Gasteiger partial charge in [0.25, 0.3) is 0 Å². The molecule has 0 spiro atoms. The molecule has 1 heterocycles. The number of nitrogens with one attached hydrogen (secondary N) is 2. The minimum atomic E-state index is 0. The quantitative estimate of drug-likeness (QED) is 0.782. The van der Waals surface area contributed by atoms with Crippen LogP contribution in [0.25, 0.3) is 0 Å². The van der Waals surface area contributed by atoms with Crippen molar-refractivity contribution in [2.24, 2.45) is 0 Å². The SMILES string of the molecule is CCCN(CCC(=O)Nc1ccccc1Cl)C1CCNCC1.Cl. The Labute approximate surface area is 150 Å². The number of carbonyl (C=O) groups is 1. The van der Waals surface area contributed by atoms with Gasteiger partial charge in [-0.1, -0.05) is 30.7 Å². The fourth-order valence-corrected chi connectivity index (χ4v) is 3.14. The number of nitrogens with zero attached hydrogens (tertiary/aromatic N) is 1. The molecule has 2 N–H and O–H groups in total. The van der Waals surface area contributed by atoms with Gasteiger partial charge in [-0.3, -0.25) is 9.69 Å². The summed E-state index contributed by atoms with van der Waals surface area (Å²) < 4.78 is 0.